The van der Waals surface area contributed by atoms with Gasteiger partial charge in [-0.15, -0.1) is 0 Å². The van der Waals surface area contributed by atoms with Gasteiger partial charge in [0.1, 0.15) is 5.69 Å². The van der Waals surface area contributed by atoms with Crippen molar-refractivity contribution in [1.29, 1.82) is 0 Å². The van der Waals surface area contributed by atoms with E-state index in [2.05, 4.69) is 10.5 Å². The van der Waals surface area contributed by atoms with Crippen molar-refractivity contribution in [2.45, 2.75) is 0 Å². The monoisotopic (exact) mass is 459 g/mol. The number of aromatic nitrogens is 2. The summed E-state index contributed by atoms with van der Waals surface area (Å²) in [5.41, 5.74) is 6.80. The molecule has 0 radical (unpaired) electrons. The van der Waals surface area contributed by atoms with Gasteiger partial charge in [0.05, 0.1) is 22.8 Å². The van der Waals surface area contributed by atoms with E-state index >= 15 is 0 Å². The van der Waals surface area contributed by atoms with Gasteiger partial charge in [-0.25, -0.2) is 10.4 Å². The normalized spacial score (nSPS) is 11.8. The molecule has 0 aliphatic carbocycles. The molecule has 7 heteroatoms. The van der Waals surface area contributed by atoms with E-state index in [9.17, 15) is 9.59 Å². The summed E-state index contributed by atoms with van der Waals surface area (Å²) in [5, 5.41) is 7.11. The highest BCUT2D eigenvalue weighted by atomic mass is 16.2. The van der Waals surface area contributed by atoms with Crippen molar-refractivity contribution in [2.75, 3.05) is 19.0 Å². The molecule has 6 rings (SSSR count). The lowest BCUT2D eigenvalue weighted by Crippen LogP contribution is -2.20. The lowest BCUT2D eigenvalue weighted by Gasteiger charge is -2.11. The fourth-order valence-corrected chi connectivity index (χ4v) is 4.58. The quantitative estimate of drug-likeness (QED) is 0.240. The summed E-state index contributed by atoms with van der Waals surface area (Å²) in [7, 11) is 3.96. The van der Waals surface area contributed by atoms with Crippen molar-refractivity contribution in [3.63, 3.8) is 0 Å². The molecule has 0 aliphatic heterocycles. The van der Waals surface area contributed by atoms with Crippen LogP contribution in [0.4, 0.5) is 5.69 Å². The fourth-order valence-electron chi connectivity index (χ4n) is 4.58. The number of nitrogens with one attached hydrogen (secondary N) is 1. The molecule has 0 fully saturated rings. The molecule has 3 heterocycles. The van der Waals surface area contributed by atoms with E-state index in [1.54, 1.807) is 22.7 Å². The summed E-state index contributed by atoms with van der Waals surface area (Å²) in [6, 6.07) is 24.6. The van der Waals surface area contributed by atoms with Gasteiger partial charge >= 0.3 is 0 Å². The van der Waals surface area contributed by atoms with E-state index in [0.717, 1.165) is 38.4 Å². The Morgan fingerprint density at radius 3 is 2.34 bits per heavy atom. The first-order chi connectivity index (χ1) is 17.0. The van der Waals surface area contributed by atoms with E-state index in [0.29, 0.717) is 10.9 Å². The summed E-state index contributed by atoms with van der Waals surface area (Å²) >= 11 is 0. The van der Waals surface area contributed by atoms with Gasteiger partial charge < -0.3 is 4.90 Å². The van der Waals surface area contributed by atoms with E-state index in [4.69, 9.17) is 4.98 Å². The minimum atomic E-state index is -0.421. The summed E-state index contributed by atoms with van der Waals surface area (Å²) in [6.45, 7) is 0. The van der Waals surface area contributed by atoms with Crippen LogP contribution >= 0.6 is 0 Å². The van der Waals surface area contributed by atoms with Crippen LogP contribution in [0.25, 0.3) is 38.1 Å². The van der Waals surface area contributed by atoms with Crippen molar-refractivity contribution in [3.8, 4) is 0 Å². The topological polar surface area (TPSA) is 79.1 Å². The van der Waals surface area contributed by atoms with Crippen LogP contribution < -0.4 is 15.9 Å². The van der Waals surface area contributed by atoms with Crippen LogP contribution in [-0.4, -0.2) is 35.6 Å². The maximum absolute atomic E-state index is 13.4. The average Bonchev–Trinajstić information content (AvgIpc) is 3.22. The number of para-hydroxylation sites is 1. The second kappa shape index (κ2) is 7.92. The Kier molecular flexibility index (Phi) is 4.70. The predicted molar refractivity (Wildman–Crippen MR) is 141 cm³/mol. The number of nitrogens with zero attached hydrogens (tertiary/aromatic N) is 4. The van der Waals surface area contributed by atoms with E-state index in [-0.39, 0.29) is 11.3 Å². The molecule has 0 saturated carbocycles. The first kappa shape index (κ1) is 20.8. The largest absolute Gasteiger partial charge is 0.378 e. The minimum Gasteiger partial charge on any atom is -0.378 e. The Hall–Kier alpha value is -4.78. The average molecular weight is 460 g/mol. The van der Waals surface area contributed by atoms with Crippen molar-refractivity contribution in [2.24, 2.45) is 5.10 Å². The third-order valence-corrected chi connectivity index (χ3v) is 6.29. The number of pyridine rings is 2. The zero-order chi connectivity index (χ0) is 24.1. The van der Waals surface area contributed by atoms with Crippen molar-refractivity contribution in [1.82, 2.24) is 14.8 Å². The van der Waals surface area contributed by atoms with E-state index in [1.165, 1.54) is 0 Å². The number of carbonyl (C=O) groups excluding carboxylic acids is 1. The standard InChI is InChI=1S/C28H21N5O2/c1-32(2)18-13-11-17(12-14-18)16-29-31-27(34)23-15-22-19-7-5-6-10-24(19)33-26(22)25(30-23)20-8-3-4-9-21(20)28(33)35/h3-16H,1-2H3,(H,31,34)/b29-16+. The maximum Gasteiger partial charge on any atom is 0.289 e. The highest BCUT2D eigenvalue weighted by molar-refractivity contribution is 6.20. The summed E-state index contributed by atoms with van der Waals surface area (Å²) in [5.74, 6) is -0.421. The zero-order valence-electron chi connectivity index (χ0n) is 19.2. The molecule has 0 saturated heterocycles. The highest BCUT2D eigenvalue weighted by Crippen LogP contribution is 2.33. The molecule has 1 N–H and O–H groups in total. The Morgan fingerprint density at radius 2 is 1.60 bits per heavy atom. The van der Waals surface area contributed by atoms with Gasteiger partial charge in [-0.3, -0.25) is 14.0 Å². The fraction of sp³-hybridized carbons (Fsp3) is 0.0714. The van der Waals surface area contributed by atoms with E-state index in [1.807, 2.05) is 85.7 Å². The first-order valence-corrected chi connectivity index (χ1v) is 11.2. The Labute approximate surface area is 200 Å². The summed E-state index contributed by atoms with van der Waals surface area (Å²) in [6.07, 6.45) is 1.60. The van der Waals surface area contributed by atoms with Crippen LogP contribution in [0, 0.1) is 0 Å². The Morgan fingerprint density at radius 1 is 0.914 bits per heavy atom. The number of amides is 1. The number of rotatable bonds is 4. The number of benzene rings is 3. The molecular weight excluding hydrogens is 438 g/mol. The first-order valence-electron chi connectivity index (χ1n) is 11.2. The lowest BCUT2D eigenvalue weighted by atomic mass is 10.1. The number of fused-ring (bicyclic) bond motifs is 5. The van der Waals surface area contributed by atoms with Gasteiger partial charge in [-0.2, -0.15) is 5.10 Å². The predicted octanol–water partition coefficient (Wildman–Crippen LogP) is 4.42. The van der Waals surface area contributed by atoms with Crippen LogP contribution in [0.15, 0.2) is 88.8 Å². The van der Waals surface area contributed by atoms with Crippen molar-refractivity contribution < 1.29 is 4.79 Å². The molecular formula is C28H21N5O2. The van der Waals surface area contributed by atoms with Gasteiger partial charge in [-0.1, -0.05) is 48.5 Å². The second-order valence-electron chi connectivity index (χ2n) is 8.64. The van der Waals surface area contributed by atoms with E-state index < -0.39 is 5.91 Å². The van der Waals surface area contributed by atoms with Gasteiger partial charge in [0.2, 0.25) is 0 Å². The maximum atomic E-state index is 13.4. The minimum absolute atomic E-state index is 0.0943. The van der Waals surface area contributed by atoms with Gasteiger partial charge in [-0.05, 0) is 35.9 Å². The summed E-state index contributed by atoms with van der Waals surface area (Å²) < 4.78 is 1.70. The smallest absolute Gasteiger partial charge is 0.289 e. The number of anilines is 1. The van der Waals surface area contributed by atoms with Crippen LogP contribution in [0.1, 0.15) is 16.1 Å². The molecule has 6 aromatic rings. The van der Waals surface area contributed by atoms with Gasteiger partial charge in [0.15, 0.2) is 0 Å². The number of carbonyl (C=O) groups is 1. The third-order valence-electron chi connectivity index (χ3n) is 6.29. The number of hydrogen-bond acceptors (Lipinski definition) is 5. The molecule has 0 atom stereocenters. The molecule has 3 aromatic heterocycles. The van der Waals surface area contributed by atoms with Crippen molar-refractivity contribution >= 4 is 55.9 Å². The Bertz CT molecular complexity index is 1840. The zero-order valence-corrected chi connectivity index (χ0v) is 19.2. The van der Waals surface area contributed by atoms with Gasteiger partial charge in [0.25, 0.3) is 11.5 Å². The molecule has 35 heavy (non-hydrogen) atoms. The lowest BCUT2D eigenvalue weighted by molar-refractivity contribution is 0.0950. The summed E-state index contributed by atoms with van der Waals surface area (Å²) in [4.78, 5) is 33.1. The van der Waals surface area contributed by atoms with Crippen LogP contribution in [0.3, 0.4) is 0 Å². The van der Waals surface area contributed by atoms with Crippen molar-refractivity contribution in [3.05, 3.63) is 100 Å². The highest BCUT2D eigenvalue weighted by Gasteiger charge is 2.20. The molecule has 0 bridgehead atoms. The number of hydrazone groups is 1. The molecule has 7 nitrogen and oxygen atoms in total. The van der Waals surface area contributed by atoms with Gasteiger partial charge in [0, 0.05) is 41.3 Å². The SMILES string of the molecule is CN(C)c1ccc(/C=N/NC(=O)c2cc3c4ccccc4n4c(=O)c5ccccc5c(n2)c34)cc1. The molecule has 0 unspecified atom stereocenters. The molecule has 0 aliphatic rings. The van der Waals surface area contributed by atoms with Crippen LogP contribution in [0.5, 0.6) is 0 Å². The second-order valence-corrected chi connectivity index (χ2v) is 8.64. The molecule has 170 valence electrons. The Balaban J connectivity index is 1.46. The molecule has 3 aromatic carbocycles. The number of hydrogen-bond donors (Lipinski definition) is 1. The molecule has 0 spiro atoms. The van der Waals surface area contributed by atoms with Crippen LogP contribution in [0.2, 0.25) is 0 Å². The molecule has 1 amide bonds. The van der Waals surface area contributed by atoms with Crippen LogP contribution in [-0.2, 0) is 0 Å². The third kappa shape index (κ3) is 3.28.